The SMILES string of the molecule is COc1cccc(OCCOc2cccc(OCCOc3cc(C)cc(OC)n3)n2)n1. The molecule has 0 saturated heterocycles. The van der Waals surface area contributed by atoms with Crippen LogP contribution in [0.25, 0.3) is 0 Å². The summed E-state index contributed by atoms with van der Waals surface area (Å²) in [5, 5.41) is 0. The first kappa shape index (κ1) is 21.9. The van der Waals surface area contributed by atoms with Crippen molar-refractivity contribution in [2.45, 2.75) is 6.92 Å². The highest BCUT2D eigenvalue weighted by atomic mass is 16.5. The number of aromatic nitrogens is 3. The van der Waals surface area contributed by atoms with Gasteiger partial charge in [-0.2, -0.15) is 15.0 Å². The Morgan fingerprint density at radius 1 is 0.548 bits per heavy atom. The van der Waals surface area contributed by atoms with Crippen LogP contribution in [0.4, 0.5) is 0 Å². The van der Waals surface area contributed by atoms with Crippen molar-refractivity contribution in [1.82, 2.24) is 15.0 Å². The molecule has 0 aliphatic rings. The maximum atomic E-state index is 5.63. The molecule has 0 saturated carbocycles. The van der Waals surface area contributed by atoms with E-state index in [1.165, 1.54) is 0 Å². The van der Waals surface area contributed by atoms with Gasteiger partial charge >= 0.3 is 0 Å². The number of aryl methyl sites for hydroxylation is 1. The van der Waals surface area contributed by atoms with Crippen LogP contribution in [0.2, 0.25) is 0 Å². The van der Waals surface area contributed by atoms with Crippen LogP contribution >= 0.6 is 0 Å². The zero-order chi connectivity index (χ0) is 21.9. The maximum Gasteiger partial charge on any atom is 0.216 e. The van der Waals surface area contributed by atoms with Gasteiger partial charge in [-0.05, 0) is 12.5 Å². The summed E-state index contributed by atoms with van der Waals surface area (Å²) < 4.78 is 32.6. The maximum absolute atomic E-state index is 5.63. The Balaban J connectivity index is 1.39. The fourth-order valence-corrected chi connectivity index (χ4v) is 2.51. The van der Waals surface area contributed by atoms with E-state index in [9.17, 15) is 0 Å². The molecule has 3 rings (SSSR count). The molecule has 0 spiro atoms. The fraction of sp³-hybridized carbons (Fsp3) is 0.318. The molecule has 0 bridgehead atoms. The molecule has 0 amide bonds. The van der Waals surface area contributed by atoms with E-state index in [4.69, 9.17) is 28.4 Å². The molecular weight excluding hydrogens is 402 g/mol. The predicted octanol–water partition coefficient (Wildman–Crippen LogP) is 3.11. The molecule has 164 valence electrons. The summed E-state index contributed by atoms with van der Waals surface area (Å²) in [6, 6.07) is 14.3. The minimum Gasteiger partial charge on any atom is -0.481 e. The van der Waals surface area contributed by atoms with Gasteiger partial charge < -0.3 is 28.4 Å². The molecule has 0 aliphatic carbocycles. The molecule has 9 heteroatoms. The van der Waals surface area contributed by atoms with Crippen molar-refractivity contribution in [2.75, 3.05) is 40.6 Å². The van der Waals surface area contributed by atoms with E-state index in [1.54, 1.807) is 50.6 Å². The van der Waals surface area contributed by atoms with E-state index in [1.807, 2.05) is 19.1 Å². The zero-order valence-corrected chi connectivity index (χ0v) is 17.7. The molecule has 9 nitrogen and oxygen atoms in total. The average molecular weight is 427 g/mol. The second-order valence-electron chi connectivity index (χ2n) is 6.25. The van der Waals surface area contributed by atoms with Gasteiger partial charge in [-0.1, -0.05) is 12.1 Å². The van der Waals surface area contributed by atoms with Crippen LogP contribution in [0.15, 0.2) is 48.5 Å². The number of hydrogen-bond acceptors (Lipinski definition) is 9. The normalized spacial score (nSPS) is 10.3. The average Bonchev–Trinajstić information content (AvgIpc) is 2.79. The molecule has 31 heavy (non-hydrogen) atoms. The second-order valence-corrected chi connectivity index (χ2v) is 6.25. The summed E-state index contributed by atoms with van der Waals surface area (Å²) in [6.45, 7) is 3.18. The molecular formula is C22H25N3O6. The van der Waals surface area contributed by atoms with Gasteiger partial charge in [0.05, 0.1) is 14.2 Å². The van der Waals surface area contributed by atoms with Crippen LogP contribution in [-0.4, -0.2) is 55.6 Å². The summed E-state index contributed by atoms with van der Waals surface area (Å²) in [4.78, 5) is 12.7. The number of rotatable bonds is 12. The largest absolute Gasteiger partial charge is 0.481 e. The van der Waals surface area contributed by atoms with E-state index in [2.05, 4.69) is 15.0 Å². The third-order valence-electron chi connectivity index (χ3n) is 3.90. The topological polar surface area (TPSA) is 94.1 Å². The van der Waals surface area contributed by atoms with Gasteiger partial charge in [0.1, 0.15) is 26.4 Å². The summed E-state index contributed by atoms with van der Waals surface area (Å²) in [6.07, 6.45) is 0. The molecule has 0 N–H and O–H groups in total. The van der Waals surface area contributed by atoms with E-state index in [0.29, 0.717) is 61.7 Å². The lowest BCUT2D eigenvalue weighted by atomic mass is 10.3. The van der Waals surface area contributed by atoms with E-state index < -0.39 is 0 Å². The van der Waals surface area contributed by atoms with Gasteiger partial charge in [0, 0.05) is 36.4 Å². The van der Waals surface area contributed by atoms with Crippen LogP contribution < -0.4 is 28.4 Å². The Bertz CT molecular complexity index is 969. The highest BCUT2D eigenvalue weighted by Gasteiger charge is 2.04. The van der Waals surface area contributed by atoms with E-state index in [0.717, 1.165) is 5.56 Å². The van der Waals surface area contributed by atoms with Crippen LogP contribution in [0, 0.1) is 6.92 Å². The first-order chi connectivity index (χ1) is 15.2. The Hall–Kier alpha value is -3.75. The van der Waals surface area contributed by atoms with Gasteiger partial charge in [0.25, 0.3) is 0 Å². The van der Waals surface area contributed by atoms with Gasteiger partial charge in [-0.3, -0.25) is 0 Å². The summed E-state index contributed by atoms with van der Waals surface area (Å²) in [5.41, 5.74) is 1.00. The molecule has 0 aliphatic heterocycles. The first-order valence-corrected chi connectivity index (χ1v) is 9.68. The number of pyridine rings is 3. The first-order valence-electron chi connectivity index (χ1n) is 9.68. The zero-order valence-electron chi connectivity index (χ0n) is 17.7. The lowest BCUT2D eigenvalue weighted by molar-refractivity contribution is 0.194. The fourth-order valence-electron chi connectivity index (χ4n) is 2.51. The van der Waals surface area contributed by atoms with Crippen LogP contribution in [0.3, 0.4) is 0 Å². The molecule has 0 atom stereocenters. The Kier molecular flexibility index (Phi) is 8.10. The summed E-state index contributed by atoms with van der Waals surface area (Å²) in [7, 11) is 3.12. The van der Waals surface area contributed by atoms with Gasteiger partial charge in [-0.25, -0.2) is 0 Å². The van der Waals surface area contributed by atoms with Crippen molar-refractivity contribution in [3.63, 3.8) is 0 Å². The molecule has 3 aromatic rings. The highest BCUT2D eigenvalue weighted by Crippen LogP contribution is 2.17. The Morgan fingerprint density at radius 2 is 0.935 bits per heavy atom. The predicted molar refractivity (Wildman–Crippen MR) is 113 cm³/mol. The molecule has 0 radical (unpaired) electrons. The van der Waals surface area contributed by atoms with Crippen LogP contribution in [0.5, 0.6) is 35.3 Å². The monoisotopic (exact) mass is 427 g/mol. The van der Waals surface area contributed by atoms with E-state index in [-0.39, 0.29) is 0 Å². The minimum absolute atomic E-state index is 0.305. The molecule has 0 unspecified atom stereocenters. The lowest BCUT2D eigenvalue weighted by Gasteiger charge is -2.10. The van der Waals surface area contributed by atoms with Crippen molar-refractivity contribution < 1.29 is 28.4 Å². The number of methoxy groups -OCH3 is 2. The lowest BCUT2D eigenvalue weighted by Crippen LogP contribution is -2.12. The quantitative estimate of drug-likeness (QED) is 0.404. The number of ether oxygens (including phenoxy) is 6. The van der Waals surface area contributed by atoms with Gasteiger partial charge in [0.15, 0.2) is 0 Å². The molecule has 3 aromatic heterocycles. The second kappa shape index (κ2) is 11.4. The number of nitrogens with zero attached hydrogens (tertiary/aromatic N) is 3. The van der Waals surface area contributed by atoms with Crippen molar-refractivity contribution in [3.05, 3.63) is 54.1 Å². The molecule has 0 fully saturated rings. The van der Waals surface area contributed by atoms with Crippen LogP contribution in [0.1, 0.15) is 5.56 Å². The van der Waals surface area contributed by atoms with Gasteiger partial charge in [-0.15, -0.1) is 0 Å². The minimum atomic E-state index is 0.305. The van der Waals surface area contributed by atoms with Crippen molar-refractivity contribution >= 4 is 0 Å². The van der Waals surface area contributed by atoms with Crippen molar-refractivity contribution in [2.24, 2.45) is 0 Å². The molecule has 3 heterocycles. The van der Waals surface area contributed by atoms with Crippen molar-refractivity contribution in [3.8, 4) is 35.3 Å². The van der Waals surface area contributed by atoms with Crippen LogP contribution in [-0.2, 0) is 0 Å². The van der Waals surface area contributed by atoms with Gasteiger partial charge in [0.2, 0.25) is 35.3 Å². The number of hydrogen-bond donors (Lipinski definition) is 0. The third kappa shape index (κ3) is 7.22. The summed E-state index contributed by atoms with van der Waals surface area (Å²) in [5.74, 6) is 2.82. The Labute approximate surface area is 180 Å². The Morgan fingerprint density at radius 3 is 1.45 bits per heavy atom. The molecule has 0 aromatic carbocycles. The van der Waals surface area contributed by atoms with Crippen molar-refractivity contribution in [1.29, 1.82) is 0 Å². The third-order valence-corrected chi connectivity index (χ3v) is 3.90. The van der Waals surface area contributed by atoms with E-state index >= 15 is 0 Å². The smallest absolute Gasteiger partial charge is 0.216 e. The summed E-state index contributed by atoms with van der Waals surface area (Å²) >= 11 is 0. The highest BCUT2D eigenvalue weighted by molar-refractivity contribution is 5.27. The standard InChI is InChI=1S/C22H25N3O6/c1-16-14-21(27-3)25-22(15-16)31-13-12-30-20-9-5-8-19(24-20)29-11-10-28-18-7-4-6-17(23-18)26-2/h4-9,14-15H,10-13H2,1-3H3.